The molecule has 2 aromatic rings. The SMILES string of the molecule is C/C=C(\C)CC(C)(/C=C/C(=O)OCC)NC(=O)c1cnn2c1NC(c1ccccc1)CC2(C)C.C=C.C=CC.CC. The molecular formula is C34H52N4O3. The Balaban J connectivity index is 0.00000210. The van der Waals surface area contributed by atoms with E-state index in [1.54, 1.807) is 25.3 Å². The van der Waals surface area contributed by atoms with Gasteiger partial charge < -0.3 is 15.4 Å². The lowest BCUT2D eigenvalue weighted by Crippen LogP contribution is -2.45. The fourth-order valence-corrected chi connectivity index (χ4v) is 4.40. The van der Waals surface area contributed by atoms with Crippen molar-refractivity contribution in [1.82, 2.24) is 15.1 Å². The van der Waals surface area contributed by atoms with Crippen LogP contribution in [-0.4, -0.2) is 33.8 Å². The molecular weight excluding hydrogens is 512 g/mol. The molecule has 0 saturated carbocycles. The van der Waals surface area contributed by atoms with E-state index in [-0.39, 0.29) is 17.5 Å². The van der Waals surface area contributed by atoms with Gasteiger partial charge in [0.05, 0.1) is 29.9 Å². The molecule has 1 amide bonds. The van der Waals surface area contributed by atoms with Crippen LogP contribution in [0.3, 0.4) is 0 Å². The number of amides is 1. The molecule has 0 spiro atoms. The quantitative estimate of drug-likeness (QED) is 0.192. The smallest absolute Gasteiger partial charge is 0.330 e. The highest BCUT2D eigenvalue weighted by Gasteiger charge is 2.37. The summed E-state index contributed by atoms with van der Waals surface area (Å²) < 4.78 is 6.91. The van der Waals surface area contributed by atoms with E-state index in [0.29, 0.717) is 24.4 Å². The van der Waals surface area contributed by atoms with Crippen molar-refractivity contribution >= 4 is 17.7 Å². The lowest BCUT2D eigenvalue weighted by molar-refractivity contribution is -0.137. The number of allylic oxidation sites excluding steroid dienone is 2. The van der Waals surface area contributed by atoms with Crippen LogP contribution in [0.25, 0.3) is 0 Å². The average molecular weight is 565 g/mol. The van der Waals surface area contributed by atoms with Gasteiger partial charge in [0.15, 0.2) is 0 Å². The van der Waals surface area contributed by atoms with Gasteiger partial charge in [-0.1, -0.05) is 68.0 Å². The number of fused-ring (bicyclic) bond motifs is 1. The summed E-state index contributed by atoms with van der Waals surface area (Å²) in [6.07, 6.45) is 9.85. The largest absolute Gasteiger partial charge is 0.463 e. The lowest BCUT2D eigenvalue weighted by Gasteiger charge is -2.38. The Hall–Kier alpha value is -3.87. The monoisotopic (exact) mass is 564 g/mol. The first kappa shape index (κ1) is 37.1. The fraction of sp³-hybridized carbons (Fsp3) is 0.441. The second kappa shape index (κ2) is 18.5. The second-order valence-electron chi connectivity index (χ2n) is 10.1. The number of hydrogen-bond donors (Lipinski definition) is 2. The van der Waals surface area contributed by atoms with Gasteiger partial charge in [0, 0.05) is 6.08 Å². The molecule has 1 aromatic carbocycles. The number of carbonyl (C=O) groups is 2. The third-order valence-electron chi connectivity index (χ3n) is 6.22. The van der Waals surface area contributed by atoms with E-state index in [9.17, 15) is 9.59 Å². The van der Waals surface area contributed by atoms with E-state index in [4.69, 9.17) is 4.74 Å². The zero-order chi connectivity index (χ0) is 31.6. The normalized spacial score (nSPS) is 16.4. The minimum absolute atomic E-state index is 0.0623. The molecule has 1 aromatic heterocycles. The maximum Gasteiger partial charge on any atom is 0.330 e. The van der Waals surface area contributed by atoms with Crippen molar-refractivity contribution in [1.29, 1.82) is 0 Å². The number of nitrogens with one attached hydrogen (secondary N) is 2. The zero-order valence-electron chi connectivity index (χ0n) is 26.7. The molecule has 3 rings (SSSR count). The number of rotatable bonds is 8. The van der Waals surface area contributed by atoms with Gasteiger partial charge in [-0.2, -0.15) is 5.10 Å². The first-order valence-corrected chi connectivity index (χ1v) is 14.3. The van der Waals surface area contributed by atoms with Crippen LogP contribution < -0.4 is 10.6 Å². The Morgan fingerprint density at radius 2 is 1.80 bits per heavy atom. The Morgan fingerprint density at radius 3 is 2.34 bits per heavy atom. The van der Waals surface area contributed by atoms with E-state index in [0.717, 1.165) is 12.0 Å². The van der Waals surface area contributed by atoms with Crippen molar-refractivity contribution in [3.05, 3.63) is 97.3 Å². The van der Waals surface area contributed by atoms with Gasteiger partial charge in [-0.3, -0.25) is 4.79 Å². The van der Waals surface area contributed by atoms with Crippen molar-refractivity contribution in [3.63, 3.8) is 0 Å². The summed E-state index contributed by atoms with van der Waals surface area (Å²) in [7, 11) is 0. The number of hydrogen-bond acceptors (Lipinski definition) is 5. The number of carbonyl (C=O) groups excluding carboxylic acids is 2. The summed E-state index contributed by atoms with van der Waals surface area (Å²) in [5, 5.41) is 11.2. The molecule has 0 radical (unpaired) electrons. The van der Waals surface area contributed by atoms with Crippen LogP contribution in [0, 0.1) is 0 Å². The van der Waals surface area contributed by atoms with Gasteiger partial charge in [0.2, 0.25) is 0 Å². The molecule has 2 unspecified atom stereocenters. The first-order chi connectivity index (χ1) is 19.5. The second-order valence-corrected chi connectivity index (χ2v) is 10.1. The molecule has 0 saturated heterocycles. The van der Waals surface area contributed by atoms with Crippen LogP contribution in [0.2, 0.25) is 0 Å². The highest BCUT2D eigenvalue weighted by Crippen LogP contribution is 2.40. The summed E-state index contributed by atoms with van der Waals surface area (Å²) in [4.78, 5) is 25.4. The number of nitrogens with zero attached hydrogens (tertiary/aromatic N) is 2. The molecule has 7 heteroatoms. The highest BCUT2D eigenvalue weighted by atomic mass is 16.5. The summed E-state index contributed by atoms with van der Waals surface area (Å²) in [5.41, 5.74) is 1.69. The summed E-state index contributed by atoms with van der Waals surface area (Å²) in [6.45, 7) is 27.4. The molecule has 2 N–H and O–H groups in total. The van der Waals surface area contributed by atoms with Gasteiger partial charge >= 0.3 is 5.97 Å². The molecule has 7 nitrogen and oxygen atoms in total. The van der Waals surface area contributed by atoms with Crippen LogP contribution in [0.5, 0.6) is 0 Å². The molecule has 41 heavy (non-hydrogen) atoms. The third-order valence-corrected chi connectivity index (χ3v) is 6.22. The standard InChI is InChI=1S/C27H36N4O3.C3H6.C2H6.C2H4/c1-7-19(3)16-27(6,15-14-23(32)34-8-2)30-25(33)21-18-28-31-24(21)29-22(17-26(31,4)5)20-12-10-9-11-13-20;1-3-2;2*1-2/h7,9-15,18,22,29H,8,16-17H2,1-6H3,(H,30,33);3H,1H2,2H3;1-2H3;1-2H2/b15-14+,19-7+;;;. The third kappa shape index (κ3) is 11.3. The van der Waals surface area contributed by atoms with Crippen molar-refractivity contribution in [3.8, 4) is 0 Å². The lowest BCUT2D eigenvalue weighted by atomic mass is 9.89. The Kier molecular flexibility index (Phi) is 16.7. The predicted octanol–water partition coefficient (Wildman–Crippen LogP) is 8.16. The molecule has 0 bridgehead atoms. The molecule has 0 fully saturated rings. The highest BCUT2D eigenvalue weighted by molar-refractivity contribution is 5.99. The minimum Gasteiger partial charge on any atom is -0.463 e. The van der Waals surface area contributed by atoms with Crippen molar-refractivity contribution in [2.75, 3.05) is 11.9 Å². The van der Waals surface area contributed by atoms with E-state index >= 15 is 0 Å². The van der Waals surface area contributed by atoms with Crippen LogP contribution in [0.15, 0.2) is 86.1 Å². The predicted molar refractivity (Wildman–Crippen MR) is 173 cm³/mol. The molecule has 1 aliphatic heterocycles. The van der Waals surface area contributed by atoms with Gasteiger partial charge in [-0.05, 0) is 66.9 Å². The van der Waals surface area contributed by atoms with Crippen LogP contribution >= 0.6 is 0 Å². The van der Waals surface area contributed by atoms with E-state index in [2.05, 4.69) is 61.4 Å². The van der Waals surface area contributed by atoms with E-state index < -0.39 is 11.5 Å². The van der Waals surface area contributed by atoms with Crippen molar-refractivity contribution in [2.45, 2.75) is 92.3 Å². The van der Waals surface area contributed by atoms with Crippen LogP contribution in [0.4, 0.5) is 5.82 Å². The molecule has 0 aliphatic carbocycles. The average Bonchev–Trinajstić information content (AvgIpc) is 3.40. The fourth-order valence-electron chi connectivity index (χ4n) is 4.40. The molecule has 2 heterocycles. The maximum atomic E-state index is 13.5. The van der Waals surface area contributed by atoms with Gasteiger partial charge in [0.25, 0.3) is 5.91 Å². The van der Waals surface area contributed by atoms with E-state index in [1.807, 2.05) is 70.5 Å². The maximum absolute atomic E-state index is 13.5. The number of aromatic nitrogens is 2. The Labute approximate surface area is 248 Å². The number of ether oxygens (including phenoxy) is 1. The Bertz CT molecular complexity index is 1150. The van der Waals surface area contributed by atoms with Gasteiger partial charge in [0.1, 0.15) is 11.4 Å². The summed E-state index contributed by atoms with van der Waals surface area (Å²) in [6, 6.07) is 10.3. The summed E-state index contributed by atoms with van der Waals surface area (Å²) in [5.74, 6) is 0.0124. The minimum atomic E-state index is -0.779. The number of benzene rings is 1. The van der Waals surface area contributed by atoms with Crippen molar-refractivity contribution < 1.29 is 14.3 Å². The zero-order valence-corrected chi connectivity index (χ0v) is 26.7. The number of esters is 1. The topological polar surface area (TPSA) is 85.2 Å². The number of anilines is 1. The Morgan fingerprint density at radius 1 is 1.22 bits per heavy atom. The molecule has 2 atom stereocenters. The van der Waals surface area contributed by atoms with Crippen molar-refractivity contribution in [2.24, 2.45) is 0 Å². The molecule has 226 valence electrons. The van der Waals surface area contributed by atoms with Gasteiger partial charge in [-0.25, -0.2) is 9.48 Å². The van der Waals surface area contributed by atoms with Gasteiger partial charge in [-0.15, -0.1) is 19.7 Å². The first-order valence-electron chi connectivity index (χ1n) is 14.3. The summed E-state index contributed by atoms with van der Waals surface area (Å²) >= 11 is 0. The molecule has 1 aliphatic rings. The van der Waals surface area contributed by atoms with E-state index in [1.165, 1.54) is 11.6 Å². The van der Waals surface area contributed by atoms with Crippen LogP contribution in [-0.2, 0) is 15.1 Å². The van der Waals surface area contributed by atoms with Crippen LogP contribution in [0.1, 0.15) is 97.1 Å².